The average Bonchev–Trinajstić information content (AvgIpc) is 2.90. The quantitative estimate of drug-likeness (QED) is 0.418. The number of ether oxygens (including phenoxy) is 1. The van der Waals surface area contributed by atoms with Crippen LogP contribution in [0.1, 0.15) is 38.7 Å². The summed E-state index contributed by atoms with van der Waals surface area (Å²) in [6.45, 7) is 8.17. The van der Waals surface area contributed by atoms with Crippen molar-refractivity contribution in [3.63, 3.8) is 0 Å². The molecule has 1 aromatic carbocycles. The summed E-state index contributed by atoms with van der Waals surface area (Å²) >= 11 is 0. The van der Waals surface area contributed by atoms with Gasteiger partial charge in [0.15, 0.2) is 5.82 Å². The van der Waals surface area contributed by atoms with Crippen molar-refractivity contribution >= 4 is 43.9 Å². The summed E-state index contributed by atoms with van der Waals surface area (Å²) in [7, 11) is -1.46. The first-order valence-electron chi connectivity index (χ1n) is 13.4. The maximum Gasteiger partial charge on any atom is 0.247 e. The van der Waals surface area contributed by atoms with Gasteiger partial charge in [-0.15, -0.1) is 5.10 Å². The number of nitrogens with one attached hydrogen (secondary N) is 1. The molecule has 1 unspecified atom stereocenters. The number of fused-ring (bicyclic) bond motifs is 1. The lowest BCUT2D eigenvalue weighted by molar-refractivity contribution is 0.0194. The molecule has 5 rings (SSSR count). The molecule has 4 heterocycles. The second-order valence-electron chi connectivity index (χ2n) is 10.7. The van der Waals surface area contributed by atoms with Crippen LogP contribution >= 0.6 is 0 Å². The number of sulfone groups is 1. The zero-order valence-corrected chi connectivity index (χ0v) is 23.7. The Morgan fingerprint density at radius 3 is 2.62 bits per heavy atom. The second-order valence-corrected chi connectivity index (χ2v) is 13.1. The van der Waals surface area contributed by atoms with Crippen LogP contribution < -0.4 is 15.1 Å². The van der Waals surface area contributed by atoms with Gasteiger partial charge in [-0.25, -0.2) is 17.8 Å². The van der Waals surface area contributed by atoms with Crippen molar-refractivity contribution < 1.29 is 17.5 Å². The number of halogens is 1. The van der Waals surface area contributed by atoms with Gasteiger partial charge in [-0.1, -0.05) is 26.8 Å². The van der Waals surface area contributed by atoms with Gasteiger partial charge in [0.25, 0.3) is 0 Å². The lowest BCUT2D eigenvalue weighted by Gasteiger charge is -2.41. The number of hydrogen-bond acceptors (Lipinski definition) is 10. The predicted molar refractivity (Wildman–Crippen MR) is 151 cm³/mol. The van der Waals surface area contributed by atoms with Gasteiger partial charge in [-0.3, -0.25) is 0 Å². The number of benzene rings is 1. The summed E-state index contributed by atoms with van der Waals surface area (Å²) in [5, 5.41) is 13.5. The van der Waals surface area contributed by atoms with Crippen LogP contribution in [-0.4, -0.2) is 85.7 Å². The molecule has 0 bridgehead atoms. The maximum atomic E-state index is 14.4. The molecule has 3 aromatic rings. The van der Waals surface area contributed by atoms with Gasteiger partial charge in [-0.2, -0.15) is 10.1 Å². The van der Waals surface area contributed by atoms with E-state index in [1.54, 1.807) is 11.8 Å². The monoisotopic (exact) mass is 557 g/mol. The molecule has 2 fully saturated rings. The normalized spacial score (nSPS) is 20.5. The Hall–Kier alpha value is -3.12. The van der Waals surface area contributed by atoms with Crippen LogP contribution in [0.3, 0.4) is 0 Å². The van der Waals surface area contributed by atoms with Gasteiger partial charge in [0.1, 0.15) is 21.8 Å². The van der Waals surface area contributed by atoms with E-state index in [1.807, 2.05) is 12.3 Å². The molecule has 12 heteroatoms. The minimum absolute atomic E-state index is 0.149. The highest BCUT2D eigenvalue weighted by Crippen LogP contribution is 2.37. The highest BCUT2D eigenvalue weighted by Gasteiger charge is 2.32. The molecule has 39 heavy (non-hydrogen) atoms. The standard InChI is InChI=1S/C27H36FN7O3S/c1-5-39(36,37)16-18-13-35(14-18)23-7-6-19(17(2)3)20-10-25(29-11-21(20)23)31-26-12-30-33-27(32-26)34-9-8-24(38-4)22(28)15-34/h6-7,10-12,17-18,22,24H,5,8-9,13-16H2,1-4H3,(H,29,31,32,33)/t22-,24?/m1/s1. The summed E-state index contributed by atoms with van der Waals surface area (Å²) < 4.78 is 43.7. The topological polar surface area (TPSA) is 113 Å². The van der Waals surface area contributed by atoms with Crippen molar-refractivity contribution in [1.29, 1.82) is 0 Å². The van der Waals surface area contributed by atoms with Crippen molar-refractivity contribution in [3.8, 4) is 0 Å². The van der Waals surface area contributed by atoms with Crippen LogP contribution in [0.25, 0.3) is 10.8 Å². The van der Waals surface area contributed by atoms with Crippen molar-refractivity contribution in [3.05, 3.63) is 36.2 Å². The van der Waals surface area contributed by atoms with E-state index in [9.17, 15) is 12.8 Å². The minimum Gasteiger partial charge on any atom is -0.378 e. The van der Waals surface area contributed by atoms with Gasteiger partial charge in [0.2, 0.25) is 5.95 Å². The van der Waals surface area contributed by atoms with Crippen LogP contribution in [0.5, 0.6) is 0 Å². The smallest absolute Gasteiger partial charge is 0.247 e. The molecule has 10 nitrogen and oxygen atoms in total. The fourth-order valence-electron chi connectivity index (χ4n) is 5.39. The molecule has 0 spiro atoms. The minimum atomic E-state index is -2.99. The number of hydrogen-bond donors (Lipinski definition) is 1. The third-order valence-electron chi connectivity index (χ3n) is 7.63. The highest BCUT2D eigenvalue weighted by molar-refractivity contribution is 7.91. The number of piperidine rings is 1. The molecule has 0 aliphatic carbocycles. The van der Waals surface area contributed by atoms with E-state index in [1.165, 1.54) is 18.9 Å². The van der Waals surface area contributed by atoms with E-state index in [0.29, 0.717) is 49.6 Å². The SMILES string of the molecule is CCS(=O)(=O)CC1CN(c2ccc(C(C)C)c3cc(Nc4cnnc(N5CCC(OC)[C@H](F)C5)n4)ncc23)C1. The molecule has 1 N–H and O–H groups in total. The average molecular weight is 558 g/mol. The molecular weight excluding hydrogens is 521 g/mol. The second kappa shape index (κ2) is 11.2. The first-order valence-corrected chi connectivity index (χ1v) is 15.3. The molecule has 0 saturated carbocycles. The number of pyridine rings is 1. The Labute approximate surface area is 228 Å². The Morgan fingerprint density at radius 2 is 1.92 bits per heavy atom. The van der Waals surface area contributed by atoms with E-state index in [-0.39, 0.29) is 24.0 Å². The fraction of sp³-hybridized carbons (Fsp3) is 0.556. The molecule has 2 atom stereocenters. The maximum absolute atomic E-state index is 14.4. The van der Waals surface area contributed by atoms with Crippen molar-refractivity contribution in [2.24, 2.45) is 5.92 Å². The Balaban J connectivity index is 1.36. The van der Waals surface area contributed by atoms with E-state index in [4.69, 9.17) is 4.74 Å². The fourth-order valence-corrected chi connectivity index (χ4v) is 6.56. The molecule has 0 amide bonds. The number of methoxy groups -OCH3 is 1. The number of aromatic nitrogens is 4. The first kappa shape index (κ1) is 27.4. The summed E-state index contributed by atoms with van der Waals surface area (Å²) in [5.41, 5.74) is 2.26. The van der Waals surface area contributed by atoms with Gasteiger partial charge in [0.05, 0.1) is 24.6 Å². The Bertz CT molecular complexity index is 1430. The lowest BCUT2D eigenvalue weighted by atomic mass is 9.93. The van der Waals surface area contributed by atoms with E-state index >= 15 is 0 Å². The van der Waals surface area contributed by atoms with Crippen LogP contribution in [0.2, 0.25) is 0 Å². The van der Waals surface area contributed by atoms with Gasteiger partial charge in [0, 0.05) is 55.7 Å². The zero-order chi connectivity index (χ0) is 27.7. The number of nitrogens with zero attached hydrogens (tertiary/aromatic N) is 6. The summed E-state index contributed by atoms with van der Waals surface area (Å²) in [6, 6.07) is 6.27. The molecule has 2 aliphatic rings. The van der Waals surface area contributed by atoms with Gasteiger partial charge < -0.3 is 19.9 Å². The summed E-state index contributed by atoms with van der Waals surface area (Å²) in [6.07, 6.45) is 2.40. The summed E-state index contributed by atoms with van der Waals surface area (Å²) in [4.78, 5) is 13.2. The highest BCUT2D eigenvalue weighted by atomic mass is 32.2. The van der Waals surface area contributed by atoms with Crippen molar-refractivity contribution in [2.45, 2.75) is 45.4 Å². The lowest BCUT2D eigenvalue weighted by Crippen LogP contribution is -2.49. The predicted octanol–water partition coefficient (Wildman–Crippen LogP) is 3.72. The van der Waals surface area contributed by atoms with E-state index in [0.717, 1.165) is 16.5 Å². The number of alkyl halides is 1. The van der Waals surface area contributed by atoms with E-state index < -0.39 is 22.1 Å². The molecule has 2 aliphatic heterocycles. The van der Waals surface area contributed by atoms with Crippen molar-refractivity contribution in [1.82, 2.24) is 20.2 Å². The van der Waals surface area contributed by atoms with Crippen LogP contribution in [0, 0.1) is 5.92 Å². The molecule has 2 aromatic heterocycles. The van der Waals surface area contributed by atoms with Crippen LogP contribution in [0.15, 0.2) is 30.6 Å². The number of anilines is 4. The Morgan fingerprint density at radius 1 is 1.13 bits per heavy atom. The number of rotatable bonds is 9. The van der Waals surface area contributed by atoms with Gasteiger partial charge in [-0.05, 0) is 35.4 Å². The molecular formula is C27H36FN7O3S. The Kier molecular flexibility index (Phi) is 7.86. The molecule has 210 valence electrons. The first-order chi connectivity index (χ1) is 18.7. The van der Waals surface area contributed by atoms with Gasteiger partial charge >= 0.3 is 0 Å². The zero-order valence-electron chi connectivity index (χ0n) is 22.8. The summed E-state index contributed by atoms with van der Waals surface area (Å²) in [5.74, 6) is 2.32. The van der Waals surface area contributed by atoms with Crippen LogP contribution in [-0.2, 0) is 14.6 Å². The van der Waals surface area contributed by atoms with Crippen LogP contribution in [0.4, 0.5) is 27.7 Å². The molecule has 2 saturated heterocycles. The largest absolute Gasteiger partial charge is 0.378 e. The van der Waals surface area contributed by atoms with E-state index in [2.05, 4.69) is 56.4 Å². The third kappa shape index (κ3) is 5.91. The third-order valence-corrected chi connectivity index (χ3v) is 9.49. The van der Waals surface area contributed by atoms with Crippen molar-refractivity contribution in [2.75, 3.05) is 59.9 Å². The molecule has 0 radical (unpaired) electrons.